The van der Waals surface area contributed by atoms with Crippen molar-refractivity contribution in [3.63, 3.8) is 0 Å². The van der Waals surface area contributed by atoms with Crippen molar-refractivity contribution >= 4 is 27.5 Å². The molecule has 3 rings (SSSR count). The van der Waals surface area contributed by atoms with E-state index in [1.807, 2.05) is 18.2 Å². The van der Waals surface area contributed by atoms with Crippen molar-refractivity contribution in [1.82, 2.24) is 19.5 Å². The van der Waals surface area contributed by atoms with Crippen LogP contribution in [0, 0.1) is 0 Å². The molecule has 1 aromatic heterocycles. The predicted octanol–water partition coefficient (Wildman–Crippen LogP) is 2.77. The maximum absolute atomic E-state index is 13.0. The van der Waals surface area contributed by atoms with Gasteiger partial charge in [-0.15, -0.1) is 0 Å². The van der Waals surface area contributed by atoms with Gasteiger partial charge in [0.2, 0.25) is 10.0 Å². The number of nitrogens with zero attached hydrogens (tertiary/aromatic N) is 3. The van der Waals surface area contributed by atoms with Gasteiger partial charge in [-0.25, -0.2) is 13.1 Å². The quantitative estimate of drug-likeness (QED) is 0.757. The van der Waals surface area contributed by atoms with E-state index in [9.17, 15) is 13.2 Å². The Hall–Kier alpha value is -2.00. The molecule has 2 heterocycles. The zero-order valence-corrected chi connectivity index (χ0v) is 19.0. The SMILES string of the molecule is CC(C)(C)NS(=O)(=O)c1cc(C(=O)N2CCN(Cc3ccccn3)CC2)ccc1Cl. The van der Waals surface area contributed by atoms with Crippen LogP contribution in [0.1, 0.15) is 36.8 Å². The molecule has 0 spiro atoms. The molecule has 1 N–H and O–H groups in total. The van der Waals surface area contributed by atoms with Gasteiger partial charge < -0.3 is 4.90 Å². The Morgan fingerprint density at radius 3 is 2.43 bits per heavy atom. The van der Waals surface area contributed by atoms with Gasteiger partial charge in [0.25, 0.3) is 5.91 Å². The third kappa shape index (κ3) is 5.78. The van der Waals surface area contributed by atoms with E-state index in [0.29, 0.717) is 18.7 Å². The van der Waals surface area contributed by atoms with E-state index < -0.39 is 15.6 Å². The van der Waals surface area contributed by atoms with E-state index in [1.165, 1.54) is 12.1 Å². The van der Waals surface area contributed by atoms with E-state index >= 15 is 0 Å². The molecule has 0 atom stereocenters. The number of benzene rings is 1. The standard InChI is InChI=1S/C21H27ClN4O3S/c1-21(2,3)24-30(28,29)19-14-16(7-8-18(19)22)20(27)26-12-10-25(11-13-26)15-17-6-4-5-9-23-17/h4-9,14,24H,10-13,15H2,1-3H3. The van der Waals surface area contributed by atoms with Gasteiger partial charge in [-0.3, -0.25) is 14.7 Å². The lowest BCUT2D eigenvalue weighted by Crippen LogP contribution is -2.48. The van der Waals surface area contributed by atoms with Gasteiger partial charge in [0.1, 0.15) is 4.90 Å². The molecule has 1 aromatic carbocycles. The summed E-state index contributed by atoms with van der Waals surface area (Å²) in [4.78, 5) is 21.2. The number of carbonyl (C=O) groups is 1. The largest absolute Gasteiger partial charge is 0.336 e. The van der Waals surface area contributed by atoms with Crippen LogP contribution in [0.4, 0.5) is 0 Å². The summed E-state index contributed by atoms with van der Waals surface area (Å²) in [5.74, 6) is -0.198. The molecule has 1 aliphatic heterocycles. The number of hydrogen-bond donors (Lipinski definition) is 1. The first-order chi connectivity index (χ1) is 14.0. The first-order valence-corrected chi connectivity index (χ1v) is 11.7. The van der Waals surface area contributed by atoms with Crippen LogP contribution in [0.25, 0.3) is 0 Å². The Bertz CT molecular complexity index is 999. The van der Waals surface area contributed by atoms with E-state index in [2.05, 4.69) is 14.6 Å². The Balaban J connectivity index is 1.69. The highest BCUT2D eigenvalue weighted by atomic mass is 35.5. The van der Waals surface area contributed by atoms with E-state index in [0.717, 1.165) is 25.3 Å². The Labute approximate surface area is 183 Å². The highest BCUT2D eigenvalue weighted by molar-refractivity contribution is 7.89. The highest BCUT2D eigenvalue weighted by Gasteiger charge is 2.27. The first-order valence-electron chi connectivity index (χ1n) is 9.80. The lowest BCUT2D eigenvalue weighted by atomic mass is 10.1. The molecular formula is C21H27ClN4O3S. The van der Waals surface area contributed by atoms with Crippen molar-refractivity contribution in [2.45, 2.75) is 37.8 Å². The van der Waals surface area contributed by atoms with Gasteiger partial charge in [-0.1, -0.05) is 17.7 Å². The van der Waals surface area contributed by atoms with Gasteiger partial charge >= 0.3 is 0 Å². The third-order valence-corrected chi connectivity index (χ3v) is 6.92. The van der Waals surface area contributed by atoms with Crippen LogP contribution >= 0.6 is 11.6 Å². The minimum absolute atomic E-state index is 0.0845. The molecule has 0 unspecified atom stereocenters. The Kier molecular flexibility index (Phi) is 6.81. The maximum atomic E-state index is 13.0. The van der Waals surface area contributed by atoms with Gasteiger partial charge in [-0.05, 0) is 51.1 Å². The second-order valence-electron chi connectivity index (χ2n) is 8.39. The summed E-state index contributed by atoms with van der Waals surface area (Å²) in [5, 5.41) is 0.0866. The van der Waals surface area contributed by atoms with E-state index in [1.54, 1.807) is 37.9 Å². The number of halogens is 1. The molecule has 2 aromatic rings. The fourth-order valence-corrected chi connectivity index (χ4v) is 5.26. The van der Waals surface area contributed by atoms with Gasteiger partial charge in [0.05, 0.1) is 10.7 Å². The van der Waals surface area contributed by atoms with Crippen molar-refractivity contribution in [3.8, 4) is 0 Å². The molecule has 7 nitrogen and oxygen atoms in total. The summed E-state index contributed by atoms with van der Waals surface area (Å²) in [7, 11) is -3.85. The molecule has 0 aliphatic carbocycles. The van der Waals surface area contributed by atoms with Crippen LogP contribution in [0.2, 0.25) is 5.02 Å². The number of rotatable bonds is 5. The minimum Gasteiger partial charge on any atom is -0.336 e. The van der Waals surface area contributed by atoms with E-state index in [4.69, 9.17) is 11.6 Å². The van der Waals surface area contributed by atoms with Crippen LogP contribution in [0.3, 0.4) is 0 Å². The lowest BCUT2D eigenvalue weighted by Gasteiger charge is -2.34. The summed E-state index contributed by atoms with van der Waals surface area (Å²) in [6.07, 6.45) is 1.77. The molecule has 1 fully saturated rings. The van der Waals surface area contributed by atoms with Gasteiger partial charge in [0, 0.05) is 50.0 Å². The fraction of sp³-hybridized carbons (Fsp3) is 0.429. The van der Waals surface area contributed by atoms with Crippen LogP contribution in [0.15, 0.2) is 47.5 Å². The van der Waals surface area contributed by atoms with Gasteiger partial charge in [0.15, 0.2) is 0 Å². The molecule has 0 saturated carbocycles. The van der Waals surface area contributed by atoms with Gasteiger partial charge in [-0.2, -0.15) is 0 Å². The lowest BCUT2D eigenvalue weighted by molar-refractivity contribution is 0.0627. The summed E-state index contributed by atoms with van der Waals surface area (Å²) >= 11 is 6.14. The predicted molar refractivity (Wildman–Crippen MR) is 117 cm³/mol. The normalized spacial score (nSPS) is 15.9. The molecular weight excluding hydrogens is 424 g/mol. The molecule has 0 bridgehead atoms. The second kappa shape index (κ2) is 9.01. The zero-order chi connectivity index (χ0) is 21.9. The number of sulfonamides is 1. The minimum atomic E-state index is -3.85. The Morgan fingerprint density at radius 2 is 1.83 bits per heavy atom. The first kappa shape index (κ1) is 22.7. The van der Waals surface area contributed by atoms with Crippen molar-refractivity contribution in [2.75, 3.05) is 26.2 Å². The summed E-state index contributed by atoms with van der Waals surface area (Å²) < 4.78 is 28.0. The number of carbonyl (C=O) groups excluding carboxylic acids is 1. The molecule has 1 amide bonds. The summed E-state index contributed by atoms with van der Waals surface area (Å²) in [5.41, 5.74) is 0.648. The van der Waals surface area contributed by atoms with Crippen LogP contribution in [0.5, 0.6) is 0 Å². The number of pyridine rings is 1. The zero-order valence-electron chi connectivity index (χ0n) is 17.4. The van der Waals surface area contributed by atoms with E-state index in [-0.39, 0.29) is 15.8 Å². The fourth-order valence-electron chi connectivity index (χ4n) is 3.31. The smallest absolute Gasteiger partial charge is 0.253 e. The topological polar surface area (TPSA) is 82.6 Å². The summed E-state index contributed by atoms with van der Waals surface area (Å²) in [6, 6.07) is 10.2. The van der Waals surface area contributed by atoms with Crippen LogP contribution < -0.4 is 4.72 Å². The number of nitrogens with one attached hydrogen (secondary N) is 1. The average molecular weight is 451 g/mol. The molecule has 1 aliphatic rings. The molecule has 30 heavy (non-hydrogen) atoms. The highest BCUT2D eigenvalue weighted by Crippen LogP contribution is 2.25. The third-order valence-electron chi connectivity index (χ3n) is 4.68. The van der Waals surface area contributed by atoms with Crippen LogP contribution in [-0.2, 0) is 16.6 Å². The monoisotopic (exact) mass is 450 g/mol. The van der Waals surface area contributed by atoms with Crippen molar-refractivity contribution < 1.29 is 13.2 Å². The number of amides is 1. The Morgan fingerprint density at radius 1 is 1.13 bits per heavy atom. The van der Waals surface area contributed by atoms with Crippen LogP contribution in [-0.4, -0.2) is 60.8 Å². The second-order valence-corrected chi connectivity index (χ2v) is 10.4. The summed E-state index contributed by atoms with van der Waals surface area (Å²) in [6.45, 7) is 8.57. The number of piperazine rings is 1. The molecule has 9 heteroatoms. The molecule has 162 valence electrons. The maximum Gasteiger partial charge on any atom is 0.253 e. The number of aromatic nitrogens is 1. The van der Waals surface area contributed by atoms with Crippen molar-refractivity contribution in [2.24, 2.45) is 0 Å². The molecule has 1 saturated heterocycles. The van der Waals surface area contributed by atoms with Crippen molar-refractivity contribution in [3.05, 3.63) is 58.9 Å². The molecule has 0 radical (unpaired) electrons. The van der Waals surface area contributed by atoms with Crippen molar-refractivity contribution in [1.29, 1.82) is 0 Å². The average Bonchev–Trinajstić information content (AvgIpc) is 2.67. The number of hydrogen-bond acceptors (Lipinski definition) is 5.